The second kappa shape index (κ2) is 19.8. The van der Waals surface area contributed by atoms with Crippen molar-refractivity contribution in [3.63, 3.8) is 0 Å². The number of fused-ring (bicyclic) bond motifs is 4. The molecule has 1 amide bonds. The molecule has 2 fully saturated rings. The Balaban J connectivity index is 0.000000161. The third-order valence-corrected chi connectivity index (χ3v) is 13.6. The van der Waals surface area contributed by atoms with Crippen LogP contribution in [0.3, 0.4) is 0 Å². The highest BCUT2D eigenvalue weighted by Crippen LogP contribution is 2.37. The average molecular weight is 995 g/mol. The SMILES string of the molecule is Cc1cc(C)c2oc(Nc3ccc(-c4nn(C5CCN(C(=O)OC(C)C)CC5)c5ncnc(N)c45)cc3)nc2c1.Cc1cc(C)c2oc(Nc3ccc(-c4nn(C5CCNCC5)c5ncnc(N)c45)cc3)nc2c1. The van der Waals surface area contributed by atoms with Gasteiger partial charge in [-0.1, -0.05) is 36.4 Å². The van der Waals surface area contributed by atoms with E-state index in [0.29, 0.717) is 54.1 Å². The molecule has 0 saturated carbocycles. The molecule has 0 unspecified atom stereocenters. The largest absolute Gasteiger partial charge is 0.447 e. The van der Waals surface area contributed by atoms with Gasteiger partial charge in [0, 0.05) is 35.6 Å². The predicted molar refractivity (Wildman–Crippen MR) is 286 cm³/mol. The minimum absolute atomic E-state index is 0.0702. The lowest BCUT2D eigenvalue weighted by molar-refractivity contribution is 0.0656. The van der Waals surface area contributed by atoms with Crippen LogP contribution in [0.25, 0.3) is 66.8 Å². The second-order valence-electron chi connectivity index (χ2n) is 19.4. The van der Waals surface area contributed by atoms with E-state index in [-0.39, 0.29) is 18.2 Å². The van der Waals surface area contributed by atoms with E-state index in [0.717, 1.165) is 128 Å². The van der Waals surface area contributed by atoms with Gasteiger partial charge in [0.15, 0.2) is 22.5 Å². The molecule has 0 bridgehead atoms. The number of nitrogens with zero attached hydrogens (tertiary/aromatic N) is 11. The van der Waals surface area contributed by atoms with Crippen molar-refractivity contribution >= 4 is 85.4 Å². The van der Waals surface area contributed by atoms with E-state index in [1.54, 1.807) is 4.90 Å². The number of likely N-dealkylation sites (tertiary alicyclic amines) is 1. The fourth-order valence-corrected chi connectivity index (χ4v) is 10.1. The van der Waals surface area contributed by atoms with Gasteiger partial charge in [0.25, 0.3) is 12.0 Å². The Bertz CT molecular complexity index is 3680. The molecule has 2 aliphatic heterocycles. The summed E-state index contributed by atoms with van der Waals surface area (Å²) in [6.07, 6.45) is 6.04. The highest BCUT2D eigenvalue weighted by atomic mass is 16.6. The van der Waals surface area contributed by atoms with E-state index in [9.17, 15) is 4.79 Å². The standard InChI is InChI=1S/C29H32N8O3.C25H26N8O/c1-16(2)39-29(38)36-11-9-21(10-12-36)37-27-23(26(30)31-15-32-27)24(35-37)19-5-7-20(8-6-19)33-28-34-22-14-17(3)13-18(4)25(22)40-28;1-14-11-15(2)22-19(12-14)31-25(34-22)30-17-5-3-16(4-6-17)21-20-23(26)28-13-29-24(20)33(32-21)18-7-9-27-10-8-18/h5-8,13-16,21H,9-12H2,1-4H3,(H,33,34)(H2,30,31,32);3-6,11-13,18,27H,7-10H2,1-2H3,(H,30,31)(H2,26,28,29). The normalized spacial score (nSPS) is 14.6. The first-order chi connectivity index (χ1) is 35.8. The smallest absolute Gasteiger partial charge is 0.410 e. The summed E-state index contributed by atoms with van der Waals surface area (Å²) >= 11 is 0. The molecule has 12 rings (SSSR count). The molecule has 20 nitrogen and oxygen atoms in total. The van der Waals surface area contributed by atoms with Crippen molar-refractivity contribution in [1.29, 1.82) is 0 Å². The number of rotatable bonds is 9. The van der Waals surface area contributed by atoms with E-state index in [1.807, 2.05) is 105 Å². The van der Waals surface area contributed by atoms with E-state index in [2.05, 4.69) is 64.9 Å². The predicted octanol–water partition coefficient (Wildman–Crippen LogP) is 10.3. The van der Waals surface area contributed by atoms with Gasteiger partial charge in [-0.3, -0.25) is 0 Å². The third kappa shape index (κ3) is 9.46. The van der Waals surface area contributed by atoms with Gasteiger partial charge in [0.2, 0.25) is 0 Å². The number of oxazole rings is 2. The Morgan fingerprint density at radius 3 is 1.54 bits per heavy atom. The molecule has 0 aliphatic carbocycles. The van der Waals surface area contributed by atoms with Crippen LogP contribution < -0.4 is 27.4 Å². The molecule has 10 aromatic rings. The van der Waals surface area contributed by atoms with Gasteiger partial charge in [-0.15, -0.1) is 0 Å². The van der Waals surface area contributed by atoms with Crippen LogP contribution in [-0.4, -0.2) is 92.7 Å². The first kappa shape index (κ1) is 47.7. The number of amides is 1. The van der Waals surface area contributed by atoms with Crippen molar-refractivity contribution in [2.24, 2.45) is 0 Å². The monoisotopic (exact) mass is 994 g/mol. The molecule has 74 heavy (non-hydrogen) atoms. The van der Waals surface area contributed by atoms with Crippen LogP contribution in [0.1, 0.15) is 73.9 Å². The number of piperidine rings is 2. The number of ether oxygens (including phenoxy) is 1. The maximum atomic E-state index is 12.3. The molecule has 8 heterocycles. The Hall–Kier alpha value is -8.65. The summed E-state index contributed by atoms with van der Waals surface area (Å²) in [4.78, 5) is 40.8. The Morgan fingerprint density at radius 2 is 1.09 bits per heavy atom. The molecule has 0 spiro atoms. The maximum absolute atomic E-state index is 12.3. The molecule has 0 radical (unpaired) electrons. The quantitative estimate of drug-likeness (QED) is 0.0901. The number of carbonyl (C=O) groups is 1. The zero-order valence-corrected chi connectivity index (χ0v) is 42.2. The van der Waals surface area contributed by atoms with Crippen LogP contribution in [-0.2, 0) is 4.74 Å². The summed E-state index contributed by atoms with van der Waals surface area (Å²) < 4.78 is 21.2. The number of nitrogen functional groups attached to an aromatic ring is 2. The van der Waals surface area contributed by atoms with Crippen molar-refractivity contribution in [2.45, 2.75) is 85.4 Å². The van der Waals surface area contributed by atoms with Crippen molar-refractivity contribution in [1.82, 2.24) is 59.7 Å². The topological polar surface area (TPSA) is 257 Å². The second-order valence-corrected chi connectivity index (χ2v) is 19.4. The molecular weight excluding hydrogens is 937 g/mol. The molecule has 4 aromatic carbocycles. The summed E-state index contributed by atoms with van der Waals surface area (Å²) in [6.45, 7) is 15.0. The number of anilines is 6. The fourth-order valence-electron chi connectivity index (χ4n) is 10.1. The first-order valence-corrected chi connectivity index (χ1v) is 25.0. The number of hydrogen-bond donors (Lipinski definition) is 5. The van der Waals surface area contributed by atoms with Crippen LogP contribution in [0, 0.1) is 27.7 Å². The van der Waals surface area contributed by atoms with Crippen molar-refractivity contribution in [2.75, 3.05) is 48.3 Å². The summed E-state index contributed by atoms with van der Waals surface area (Å²) in [5.41, 5.74) is 26.8. The van der Waals surface area contributed by atoms with Crippen LogP contribution in [0.2, 0.25) is 0 Å². The lowest BCUT2D eigenvalue weighted by Gasteiger charge is -2.32. The lowest BCUT2D eigenvalue weighted by Crippen LogP contribution is -2.40. The van der Waals surface area contributed by atoms with Crippen molar-refractivity contribution in [3.05, 3.63) is 108 Å². The summed E-state index contributed by atoms with van der Waals surface area (Å²) in [7, 11) is 0. The van der Waals surface area contributed by atoms with E-state index >= 15 is 0 Å². The Kier molecular flexibility index (Phi) is 12.7. The van der Waals surface area contributed by atoms with Gasteiger partial charge in [0.05, 0.1) is 29.0 Å². The molecule has 0 atom stereocenters. The minimum Gasteiger partial charge on any atom is -0.447 e. The Morgan fingerprint density at radius 1 is 0.649 bits per heavy atom. The summed E-state index contributed by atoms with van der Waals surface area (Å²) in [5, 5.41) is 21.4. The maximum Gasteiger partial charge on any atom is 0.410 e. The number of aromatic nitrogens is 10. The van der Waals surface area contributed by atoms with Crippen LogP contribution in [0.5, 0.6) is 0 Å². The molecule has 6 aromatic heterocycles. The lowest BCUT2D eigenvalue weighted by atomic mass is 10.1. The van der Waals surface area contributed by atoms with Gasteiger partial charge in [-0.2, -0.15) is 20.2 Å². The van der Waals surface area contributed by atoms with Gasteiger partial charge < -0.3 is 45.9 Å². The zero-order chi connectivity index (χ0) is 51.2. The molecule has 7 N–H and O–H groups in total. The number of aryl methyl sites for hydroxylation is 4. The number of benzene rings is 4. The highest BCUT2D eigenvalue weighted by Gasteiger charge is 2.29. The number of carbonyl (C=O) groups excluding carboxylic acids is 1. The molecular formula is C54H58N16O4. The van der Waals surface area contributed by atoms with Gasteiger partial charge in [-0.25, -0.2) is 34.1 Å². The fraction of sp³-hybridized carbons (Fsp3) is 0.315. The van der Waals surface area contributed by atoms with E-state index in [1.165, 1.54) is 12.7 Å². The molecule has 378 valence electrons. The van der Waals surface area contributed by atoms with Crippen LogP contribution in [0.15, 0.2) is 94.3 Å². The number of nitrogens with two attached hydrogens (primary N) is 2. The van der Waals surface area contributed by atoms with Crippen LogP contribution >= 0.6 is 0 Å². The van der Waals surface area contributed by atoms with Crippen molar-refractivity contribution in [3.8, 4) is 22.5 Å². The van der Waals surface area contributed by atoms with Crippen molar-refractivity contribution < 1.29 is 18.4 Å². The van der Waals surface area contributed by atoms with E-state index < -0.39 is 0 Å². The zero-order valence-electron chi connectivity index (χ0n) is 42.2. The highest BCUT2D eigenvalue weighted by molar-refractivity contribution is 5.99. The van der Waals surface area contributed by atoms with Gasteiger partial charge in [0.1, 0.15) is 46.7 Å². The molecule has 20 heteroatoms. The van der Waals surface area contributed by atoms with Gasteiger partial charge in [-0.05, 0) is 139 Å². The summed E-state index contributed by atoms with van der Waals surface area (Å²) in [6, 6.07) is 25.3. The first-order valence-electron chi connectivity index (χ1n) is 25.0. The van der Waals surface area contributed by atoms with Gasteiger partial charge >= 0.3 is 6.09 Å². The molecule has 2 aliphatic rings. The Labute approximate surface area is 425 Å². The summed E-state index contributed by atoms with van der Waals surface area (Å²) in [5.74, 6) is 0.822. The third-order valence-electron chi connectivity index (χ3n) is 13.6. The van der Waals surface area contributed by atoms with E-state index in [4.69, 9.17) is 35.2 Å². The van der Waals surface area contributed by atoms with Crippen LogP contribution in [0.4, 0.5) is 39.8 Å². The average Bonchev–Trinajstić information content (AvgIpc) is 4.19. The minimum atomic E-state index is -0.275. The number of nitrogens with one attached hydrogen (secondary N) is 3. The number of hydrogen-bond acceptors (Lipinski definition) is 17. The molecule has 2 saturated heterocycles.